The van der Waals surface area contributed by atoms with E-state index >= 15 is 0 Å². The van der Waals surface area contributed by atoms with Gasteiger partial charge >= 0.3 is 12.3 Å². The van der Waals surface area contributed by atoms with E-state index < -0.39 is 41.6 Å². The number of pyridine rings is 1. The molecule has 0 unspecified atom stereocenters. The van der Waals surface area contributed by atoms with Gasteiger partial charge in [-0.15, -0.1) is 13.2 Å². The van der Waals surface area contributed by atoms with Gasteiger partial charge in [-0.3, -0.25) is 4.79 Å². The molecule has 9 heteroatoms. The monoisotopic (exact) mass is 269 g/mol. The van der Waals surface area contributed by atoms with Crippen molar-refractivity contribution in [2.24, 2.45) is 0 Å². The summed E-state index contributed by atoms with van der Waals surface area (Å²) in [6.07, 6.45) is -5.09. The van der Waals surface area contributed by atoms with Crippen molar-refractivity contribution in [1.82, 2.24) is 4.98 Å². The normalized spacial score (nSPS) is 11.2. The lowest BCUT2D eigenvalue weighted by molar-refractivity contribution is -0.275. The molecule has 1 heterocycles. The van der Waals surface area contributed by atoms with Gasteiger partial charge in [0.1, 0.15) is 12.4 Å². The van der Waals surface area contributed by atoms with E-state index in [1.807, 2.05) is 0 Å². The quantitative estimate of drug-likeness (QED) is 0.667. The van der Waals surface area contributed by atoms with Gasteiger partial charge in [-0.25, -0.2) is 9.18 Å². The number of carbonyl (C=O) groups is 1. The van der Waals surface area contributed by atoms with Crippen molar-refractivity contribution in [1.29, 1.82) is 0 Å². The minimum absolute atomic E-state index is 0.472. The molecule has 0 saturated carbocycles. The van der Waals surface area contributed by atoms with Gasteiger partial charge in [0, 0.05) is 5.56 Å². The third-order valence-electron chi connectivity index (χ3n) is 1.85. The number of nitrogens with one attached hydrogen (secondary N) is 1. The Kier molecular flexibility index (Phi) is 3.94. The van der Waals surface area contributed by atoms with E-state index in [1.54, 1.807) is 4.98 Å². The third-order valence-corrected chi connectivity index (χ3v) is 1.85. The summed E-state index contributed by atoms with van der Waals surface area (Å²) in [5.41, 5.74) is -2.34. The molecule has 0 radical (unpaired) electrons. The molecule has 0 amide bonds. The molecule has 0 saturated heterocycles. The van der Waals surface area contributed by atoms with Crippen molar-refractivity contribution >= 4 is 5.97 Å². The highest BCUT2D eigenvalue weighted by Gasteiger charge is 2.33. The highest BCUT2D eigenvalue weighted by molar-refractivity contribution is 5.88. The van der Waals surface area contributed by atoms with Gasteiger partial charge < -0.3 is 14.5 Å². The van der Waals surface area contributed by atoms with Crippen LogP contribution in [0.4, 0.5) is 17.6 Å². The zero-order valence-corrected chi connectivity index (χ0v) is 8.93. The SMILES string of the molecule is COC(=O)c1[nH]c(=O)c(OC(F)(F)F)cc1CF. The summed E-state index contributed by atoms with van der Waals surface area (Å²) >= 11 is 0. The molecule has 1 aromatic heterocycles. The standard InChI is InChI=1S/C9H7F4NO4/c1-17-8(16)6-4(3-10)2-5(7(15)14-6)18-9(11,12)13/h2H,3H2,1H3,(H,14,15). The van der Waals surface area contributed by atoms with Gasteiger partial charge in [0.25, 0.3) is 5.56 Å². The molecule has 18 heavy (non-hydrogen) atoms. The Balaban J connectivity index is 3.27. The highest BCUT2D eigenvalue weighted by Crippen LogP contribution is 2.21. The maximum atomic E-state index is 12.6. The van der Waals surface area contributed by atoms with Crippen molar-refractivity contribution in [3.63, 3.8) is 0 Å². The van der Waals surface area contributed by atoms with Crippen LogP contribution < -0.4 is 10.3 Å². The van der Waals surface area contributed by atoms with E-state index in [1.165, 1.54) is 0 Å². The minimum atomic E-state index is -5.09. The summed E-state index contributed by atoms with van der Waals surface area (Å²) < 4.78 is 55.9. The van der Waals surface area contributed by atoms with Crippen LogP contribution >= 0.6 is 0 Å². The summed E-state index contributed by atoms with van der Waals surface area (Å²) in [4.78, 5) is 24.1. The fourth-order valence-corrected chi connectivity index (χ4v) is 1.14. The van der Waals surface area contributed by atoms with Crippen LogP contribution in [0.1, 0.15) is 16.1 Å². The number of methoxy groups -OCH3 is 1. The molecule has 0 bridgehead atoms. The lowest BCUT2D eigenvalue weighted by atomic mass is 10.2. The molecular formula is C9H7F4NO4. The summed E-state index contributed by atoms with van der Waals surface area (Å²) in [7, 11) is 0.975. The summed E-state index contributed by atoms with van der Waals surface area (Å²) in [5, 5.41) is 0. The van der Waals surface area contributed by atoms with Crippen molar-refractivity contribution < 1.29 is 31.8 Å². The molecule has 0 fully saturated rings. The minimum Gasteiger partial charge on any atom is -0.464 e. The molecule has 1 N–H and O–H groups in total. The van der Waals surface area contributed by atoms with Gasteiger partial charge in [0.15, 0.2) is 5.75 Å². The first kappa shape index (κ1) is 14.0. The Morgan fingerprint density at radius 2 is 2.06 bits per heavy atom. The average molecular weight is 269 g/mol. The van der Waals surface area contributed by atoms with Crippen LogP contribution in [0, 0.1) is 0 Å². The van der Waals surface area contributed by atoms with Crippen LogP contribution in [0.2, 0.25) is 0 Å². The molecule has 0 aliphatic carbocycles. The van der Waals surface area contributed by atoms with Gasteiger partial charge in [0.05, 0.1) is 7.11 Å². The van der Waals surface area contributed by atoms with Gasteiger partial charge in [-0.1, -0.05) is 0 Å². The number of halogens is 4. The summed E-state index contributed by atoms with van der Waals surface area (Å²) in [5.74, 6) is -2.22. The Morgan fingerprint density at radius 1 is 1.44 bits per heavy atom. The van der Waals surface area contributed by atoms with Gasteiger partial charge in [-0.05, 0) is 6.07 Å². The number of aromatic nitrogens is 1. The van der Waals surface area contributed by atoms with Crippen molar-refractivity contribution in [2.75, 3.05) is 7.11 Å². The molecule has 0 atom stereocenters. The van der Waals surface area contributed by atoms with Crippen molar-refractivity contribution in [2.45, 2.75) is 13.0 Å². The zero-order valence-electron chi connectivity index (χ0n) is 8.93. The molecule has 0 aliphatic rings. The molecule has 1 rings (SSSR count). The fraction of sp³-hybridized carbons (Fsp3) is 0.333. The number of aromatic amines is 1. The first-order valence-electron chi connectivity index (χ1n) is 4.44. The molecular weight excluding hydrogens is 262 g/mol. The van der Waals surface area contributed by atoms with Gasteiger partial charge in [0.2, 0.25) is 0 Å². The van der Waals surface area contributed by atoms with Gasteiger partial charge in [-0.2, -0.15) is 0 Å². The van der Waals surface area contributed by atoms with E-state index in [4.69, 9.17) is 0 Å². The number of ether oxygens (including phenoxy) is 2. The predicted octanol–water partition coefficient (Wildman–Crippen LogP) is 1.53. The first-order chi connectivity index (χ1) is 8.28. The molecule has 0 spiro atoms. The molecule has 0 aromatic carbocycles. The Hall–Kier alpha value is -2.06. The predicted molar refractivity (Wildman–Crippen MR) is 49.9 cm³/mol. The Labute approximate surface area is 97.3 Å². The van der Waals surface area contributed by atoms with Crippen molar-refractivity contribution in [3.05, 3.63) is 27.7 Å². The average Bonchev–Trinajstić information content (AvgIpc) is 2.28. The van der Waals surface area contributed by atoms with E-state index in [2.05, 4.69) is 9.47 Å². The van der Waals surface area contributed by atoms with E-state index in [0.29, 0.717) is 6.07 Å². The smallest absolute Gasteiger partial charge is 0.464 e. The Morgan fingerprint density at radius 3 is 2.50 bits per heavy atom. The fourth-order valence-electron chi connectivity index (χ4n) is 1.14. The second kappa shape index (κ2) is 5.07. The van der Waals surface area contributed by atoms with Crippen LogP contribution in [0.15, 0.2) is 10.9 Å². The van der Waals surface area contributed by atoms with Crippen molar-refractivity contribution in [3.8, 4) is 5.75 Å². The summed E-state index contributed by atoms with van der Waals surface area (Å²) in [6, 6.07) is 0.499. The van der Waals surface area contributed by atoms with E-state index in [0.717, 1.165) is 7.11 Å². The second-order valence-electron chi connectivity index (χ2n) is 3.04. The second-order valence-corrected chi connectivity index (χ2v) is 3.04. The van der Waals surface area contributed by atoms with Crippen LogP contribution in [0.3, 0.4) is 0 Å². The largest absolute Gasteiger partial charge is 0.573 e. The number of hydrogen-bond donors (Lipinski definition) is 1. The topological polar surface area (TPSA) is 68.4 Å². The maximum Gasteiger partial charge on any atom is 0.573 e. The van der Waals surface area contributed by atoms with E-state index in [9.17, 15) is 27.2 Å². The molecule has 5 nitrogen and oxygen atoms in total. The summed E-state index contributed by atoms with van der Waals surface area (Å²) in [6.45, 7) is -1.27. The molecule has 100 valence electrons. The molecule has 0 aliphatic heterocycles. The zero-order chi connectivity index (χ0) is 13.9. The van der Waals surface area contributed by atoms with Crippen LogP contribution in [0.25, 0.3) is 0 Å². The lowest BCUT2D eigenvalue weighted by Crippen LogP contribution is -2.25. The number of rotatable bonds is 3. The number of H-pyrrole nitrogens is 1. The first-order valence-corrected chi connectivity index (χ1v) is 4.44. The number of carbonyl (C=O) groups excluding carboxylic acids is 1. The lowest BCUT2D eigenvalue weighted by Gasteiger charge is -2.10. The number of hydrogen-bond acceptors (Lipinski definition) is 4. The number of alkyl halides is 4. The van der Waals surface area contributed by atoms with Crippen LogP contribution in [0.5, 0.6) is 5.75 Å². The molecule has 1 aromatic rings. The highest BCUT2D eigenvalue weighted by atomic mass is 19.4. The third kappa shape index (κ3) is 3.22. The Bertz CT molecular complexity index is 508. The number of esters is 1. The maximum absolute atomic E-state index is 12.6. The van der Waals surface area contributed by atoms with E-state index in [-0.39, 0.29) is 0 Å². The van der Waals surface area contributed by atoms with Crippen LogP contribution in [-0.2, 0) is 11.4 Å². The van der Waals surface area contributed by atoms with Crippen LogP contribution in [-0.4, -0.2) is 24.4 Å².